The number of hydrogen-bond acceptors (Lipinski definition) is 4. The first-order valence-corrected chi connectivity index (χ1v) is 9.97. The lowest BCUT2D eigenvalue weighted by molar-refractivity contribution is -0.120. The molecule has 5 nitrogen and oxygen atoms in total. The van der Waals surface area contributed by atoms with Crippen LogP contribution in [0, 0.1) is 0 Å². The van der Waals surface area contributed by atoms with Crippen LogP contribution in [-0.2, 0) is 14.4 Å². The quantitative estimate of drug-likeness (QED) is 0.718. The molecule has 2 aromatic rings. The standard InChI is InChI=1S/C21H19ClN2O3S/c1-12(2)28-19-18(14-7-9-16(10-8-14)23-13(3)25)20(26)24(21(19)27)17-6-4-5-15(22)11-17/h4-12H,1-3H3,(H,23,25). The number of anilines is 2. The molecule has 1 heterocycles. The van der Waals surface area contributed by atoms with E-state index in [2.05, 4.69) is 5.32 Å². The zero-order chi connectivity index (χ0) is 20.4. The van der Waals surface area contributed by atoms with Crippen LogP contribution in [0.5, 0.6) is 0 Å². The normalized spacial score (nSPS) is 14.2. The Morgan fingerprint density at radius 2 is 1.75 bits per heavy atom. The third-order valence-corrected chi connectivity index (χ3v) is 5.28. The minimum atomic E-state index is -0.386. The second-order valence-corrected chi connectivity index (χ2v) is 8.58. The summed E-state index contributed by atoms with van der Waals surface area (Å²) in [6.45, 7) is 5.36. The number of rotatable bonds is 5. The number of thioether (sulfide) groups is 1. The summed E-state index contributed by atoms with van der Waals surface area (Å²) in [4.78, 5) is 39.1. The molecule has 0 saturated heterocycles. The van der Waals surface area contributed by atoms with Crippen molar-refractivity contribution in [2.24, 2.45) is 0 Å². The molecule has 0 unspecified atom stereocenters. The SMILES string of the molecule is CC(=O)Nc1ccc(C2=C(SC(C)C)C(=O)N(c3cccc(Cl)c3)C2=O)cc1. The van der Waals surface area contributed by atoms with Gasteiger partial charge in [-0.25, -0.2) is 4.90 Å². The van der Waals surface area contributed by atoms with E-state index in [9.17, 15) is 14.4 Å². The first kappa shape index (κ1) is 20.2. The maximum atomic E-state index is 13.2. The summed E-state index contributed by atoms with van der Waals surface area (Å²) < 4.78 is 0. The van der Waals surface area contributed by atoms with Crippen molar-refractivity contribution < 1.29 is 14.4 Å². The van der Waals surface area contributed by atoms with Crippen LogP contribution < -0.4 is 10.2 Å². The van der Waals surface area contributed by atoms with Crippen LogP contribution in [0.15, 0.2) is 53.4 Å². The first-order chi connectivity index (χ1) is 13.3. The molecule has 144 valence electrons. The van der Waals surface area contributed by atoms with Gasteiger partial charge in [-0.05, 0) is 35.9 Å². The summed E-state index contributed by atoms with van der Waals surface area (Å²) in [5, 5.41) is 3.26. The molecule has 0 spiro atoms. The molecule has 0 atom stereocenters. The molecular weight excluding hydrogens is 396 g/mol. The second-order valence-electron chi connectivity index (χ2n) is 6.55. The number of hydrogen-bond donors (Lipinski definition) is 1. The smallest absolute Gasteiger partial charge is 0.272 e. The van der Waals surface area contributed by atoms with Gasteiger partial charge in [-0.1, -0.05) is 43.6 Å². The van der Waals surface area contributed by atoms with E-state index in [1.807, 2.05) is 13.8 Å². The van der Waals surface area contributed by atoms with E-state index in [1.54, 1.807) is 48.5 Å². The van der Waals surface area contributed by atoms with E-state index in [0.29, 0.717) is 32.4 Å². The molecule has 0 bridgehead atoms. The van der Waals surface area contributed by atoms with Crippen LogP contribution in [0.2, 0.25) is 5.02 Å². The van der Waals surface area contributed by atoms with Gasteiger partial charge in [0, 0.05) is 22.9 Å². The summed E-state index contributed by atoms with van der Waals surface area (Å²) in [5.41, 5.74) is 2.05. The predicted octanol–water partition coefficient (Wildman–Crippen LogP) is 4.72. The van der Waals surface area contributed by atoms with Crippen molar-refractivity contribution in [1.82, 2.24) is 0 Å². The summed E-state index contributed by atoms with van der Waals surface area (Å²) in [7, 11) is 0. The molecule has 0 aliphatic carbocycles. The van der Waals surface area contributed by atoms with E-state index >= 15 is 0 Å². The Hall–Kier alpha value is -2.57. The first-order valence-electron chi connectivity index (χ1n) is 8.71. The van der Waals surface area contributed by atoms with E-state index < -0.39 is 0 Å². The minimum absolute atomic E-state index is 0.125. The van der Waals surface area contributed by atoms with Gasteiger partial charge < -0.3 is 5.32 Å². The number of nitrogens with zero attached hydrogens (tertiary/aromatic N) is 1. The van der Waals surface area contributed by atoms with Crippen molar-refractivity contribution in [3.63, 3.8) is 0 Å². The highest BCUT2D eigenvalue weighted by Crippen LogP contribution is 2.40. The van der Waals surface area contributed by atoms with Gasteiger partial charge in [-0.15, -0.1) is 11.8 Å². The maximum absolute atomic E-state index is 13.2. The van der Waals surface area contributed by atoms with Gasteiger partial charge in [-0.2, -0.15) is 0 Å². The molecule has 1 N–H and O–H groups in total. The average Bonchev–Trinajstić information content (AvgIpc) is 2.85. The van der Waals surface area contributed by atoms with E-state index in [0.717, 1.165) is 4.90 Å². The molecule has 1 aliphatic heterocycles. The summed E-state index contributed by atoms with van der Waals surface area (Å²) in [6.07, 6.45) is 0. The van der Waals surface area contributed by atoms with E-state index in [4.69, 9.17) is 11.6 Å². The number of amides is 3. The Kier molecular flexibility index (Phi) is 5.91. The Morgan fingerprint density at radius 3 is 2.32 bits per heavy atom. The lowest BCUT2D eigenvalue weighted by Crippen LogP contribution is -2.31. The molecule has 2 aromatic carbocycles. The Morgan fingerprint density at radius 1 is 1.07 bits per heavy atom. The largest absolute Gasteiger partial charge is 0.326 e. The third-order valence-electron chi connectivity index (χ3n) is 3.96. The number of nitrogens with one attached hydrogen (secondary N) is 1. The van der Waals surface area contributed by atoms with Gasteiger partial charge in [0.25, 0.3) is 11.8 Å². The fourth-order valence-corrected chi connectivity index (χ4v) is 4.05. The molecule has 0 saturated carbocycles. The number of halogens is 1. The van der Waals surface area contributed by atoms with Gasteiger partial charge in [0.05, 0.1) is 16.2 Å². The fraction of sp³-hybridized carbons (Fsp3) is 0.190. The highest BCUT2D eigenvalue weighted by atomic mass is 35.5. The molecule has 28 heavy (non-hydrogen) atoms. The van der Waals surface area contributed by atoms with Crippen molar-refractivity contribution in [3.8, 4) is 0 Å². The number of imide groups is 1. The van der Waals surface area contributed by atoms with E-state index in [1.165, 1.54) is 18.7 Å². The molecule has 3 amide bonds. The third kappa shape index (κ3) is 4.13. The Balaban J connectivity index is 2.04. The number of carbonyl (C=O) groups excluding carboxylic acids is 3. The second kappa shape index (κ2) is 8.20. The summed E-state index contributed by atoms with van der Waals surface area (Å²) in [6, 6.07) is 13.5. The number of benzene rings is 2. The summed E-state index contributed by atoms with van der Waals surface area (Å²) in [5.74, 6) is -0.920. The zero-order valence-corrected chi connectivity index (χ0v) is 17.2. The molecule has 7 heteroatoms. The lowest BCUT2D eigenvalue weighted by Gasteiger charge is -2.15. The van der Waals surface area contributed by atoms with E-state index in [-0.39, 0.29) is 23.0 Å². The van der Waals surface area contributed by atoms with Crippen LogP contribution in [0.4, 0.5) is 11.4 Å². The molecule has 0 radical (unpaired) electrons. The number of carbonyl (C=O) groups is 3. The monoisotopic (exact) mass is 414 g/mol. The van der Waals surface area contributed by atoms with Crippen LogP contribution >= 0.6 is 23.4 Å². The molecule has 1 aliphatic rings. The van der Waals surface area contributed by atoms with Crippen molar-refractivity contribution in [3.05, 3.63) is 64.0 Å². The molecule has 3 rings (SSSR count). The highest BCUT2D eigenvalue weighted by Gasteiger charge is 2.40. The molecule has 0 fully saturated rings. The predicted molar refractivity (Wildman–Crippen MR) is 114 cm³/mol. The molecular formula is C21H19ClN2O3S. The van der Waals surface area contributed by atoms with Crippen LogP contribution in [0.25, 0.3) is 5.57 Å². The Labute approximate surface area is 172 Å². The average molecular weight is 415 g/mol. The van der Waals surface area contributed by atoms with Crippen molar-refractivity contribution >= 4 is 58.0 Å². The summed E-state index contributed by atoms with van der Waals surface area (Å²) >= 11 is 7.41. The van der Waals surface area contributed by atoms with Gasteiger partial charge in [0.1, 0.15) is 0 Å². The fourth-order valence-electron chi connectivity index (χ4n) is 2.88. The van der Waals surface area contributed by atoms with Crippen LogP contribution in [0.3, 0.4) is 0 Å². The van der Waals surface area contributed by atoms with Crippen molar-refractivity contribution in [2.45, 2.75) is 26.0 Å². The van der Waals surface area contributed by atoms with Crippen LogP contribution in [-0.4, -0.2) is 23.0 Å². The Bertz CT molecular complexity index is 983. The van der Waals surface area contributed by atoms with Crippen molar-refractivity contribution in [2.75, 3.05) is 10.2 Å². The van der Waals surface area contributed by atoms with Crippen LogP contribution in [0.1, 0.15) is 26.3 Å². The van der Waals surface area contributed by atoms with Gasteiger partial charge in [0.2, 0.25) is 5.91 Å². The topological polar surface area (TPSA) is 66.5 Å². The highest BCUT2D eigenvalue weighted by molar-refractivity contribution is 8.04. The van der Waals surface area contributed by atoms with Crippen molar-refractivity contribution in [1.29, 1.82) is 0 Å². The minimum Gasteiger partial charge on any atom is -0.326 e. The van der Waals surface area contributed by atoms with Gasteiger partial charge in [0.15, 0.2) is 0 Å². The maximum Gasteiger partial charge on any atom is 0.272 e. The van der Waals surface area contributed by atoms with Gasteiger partial charge in [-0.3, -0.25) is 14.4 Å². The zero-order valence-electron chi connectivity index (χ0n) is 15.7. The lowest BCUT2D eigenvalue weighted by atomic mass is 10.1. The van der Waals surface area contributed by atoms with Gasteiger partial charge >= 0.3 is 0 Å². The molecule has 0 aromatic heterocycles.